The molecule has 101 heavy (non-hydrogen) atoms. The predicted molar refractivity (Wildman–Crippen MR) is 419 cm³/mol. The van der Waals surface area contributed by atoms with Crippen LogP contribution >= 0.6 is 24.0 Å². The largest absolute Gasteiger partial charge is 1.00 e. The lowest BCUT2D eigenvalue weighted by Gasteiger charge is -2.30. The van der Waals surface area contributed by atoms with E-state index in [1.807, 2.05) is 36.1 Å². The highest BCUT2D eigenvalue weighted by Gasteiger charge is 2.40. The van der Waals surface area contributed by atoms with Crippen LogP contribution in [0.5, 0.6) is 0 Å². The summed E-state index contributed by atoms with van der Waals surface area (Å²) in [7, 11) is 1.85. The summed E-state index contributed by atoms with van der Waals surface area (Å²) in [6.07, 6.45) is 64.1. The molecule has 1 aromatic heterocycles. The summed E-state index contributed by atoms with van der Waals surface area (Å²) in [6.45, 7) is 11.1. The maximum atomic E-state index is 14.8. The molecule has 2 heterocycles. The average molecular weight is 1650 g/mol. The number of nitrogens with zero attached hydrogens (tertiary/aromatic N) is 1. The van der Waals surface area contributed by atoms with Crippen molar-refractivity contribution < 1.29 is 85.7 Å². The molecular weight excluding hydrogens is 1490 g/mol. The molecule has 0 aromatic carbocycles. The zero-order chi connectivity index (χ0) is 71.9. The molecule has 0 radical (unpaired) electrons. The highest BCUT2D eigenvalue weighted by atomic mass is 127. The molecule has 0 saturated carbocycles. The van der Waals surface area contributed by atoms with E-state index in [-0.39, 0.29) is 98.0 Å². The normalized spacial score (nSPS) is 13.4. The Kier molecular flexibility index (Phi) is 67.5. The van der Waals surface area contributed by atoms with Crippen LogP contribution < -0.4 is 33.9 Å². The predicted octanol–water partition coefficient (Wildman–Crippen LogP) is 20.3. The molecular formula is C85H150I2N2O12. The summed E-state index contributed by atoms with van der Waals surface area (Å²) in [6, 6.07) is 3.65. The topological polar surface area (TPSA) is 174 Å². The van der Waals surface area contributed by atoms with Gasteiger partial charge in [-0.3, -0.25) is 19.2 Å². The molecule has 1 N–H and O–H groups in total. The van der Waals surface area contributed by atoms with Gasteiger partial charge in [-0.25, -0.2) is 14.2 Å². The first-order valence-electron chi connectivity index (χ1n) is 41.5. The molecule has 1 aliphatic rings. The van der Waals surface area contributed by atoms with Crippen molar-refractivity contribution in [1.82, 2.24) is 5.32 Å². The fourth-order valence-electron chi connectivity index (χ4n) is 13.5. The standard InChI is InChI=1S/C85H148N2O12.2HI/c1-8-12-16-20-24-28-32-36-40-44-48-52-56-62-77(88)94-68-75(98-79(90)64-58-54-50-46-42-38-34-30-26-22-18-14-10-3)70-96-84(92)81-72(5)86-73(6)82(83(81)74-61-60-66-87(7)67-74)85(93)97-71-76(99-80(91)65-59-55-51-47-43-39-35-31-27-23-19-15-11-4)69-95-78(89)63-57-53-49-45-41-37-33-29-25-21-17-13-9-2;;/h60-61,66-67,75-76,83H,8-59,62-65,68-71H2,1-7H3;2*1H. The molecule has 0 fully saturated rings. The lowest BCUT2D eigenvalue weighted by atomic mass is 9.81. The zero-order valence-electron chi connectivity index (χ0n) is 65.6. The lowest BCUT2D eigenvalue weighted by Crippen LogP contribution is -3.00. The summed E-state index contributed by atoms with van der Waals surface area (Å²) in [5, 5.41) is 3.24. The Morgan fingerprint density at radius 3 is 0.832 bits per heavy atom. The monoisotopic (exact) mass is 1640 g/mol. The third kappa shape index (κ3) is 54.0. The quantitative estimate of drug-likeness (QED) is 0.0215. The SMILES string of the molecule is CCCCCCCCCCCCCCCC(=O)OCC(COC(=O)C1=C(C)NC(C)=C(C(=O)OCC(COC(=O)CCCCCCCCCCCCCCC)OC(=O)CCCCCCCCCCCCCCC)C1c1ccc[n+](C)c1)OC(=O)CCCCCCCCCCCCCCC.I.[I-]. The number of aryl methyl sites for hydroxylation is 1. The minimum atomic E-state index is -1.07. The number of hydrogen-bond acceptors (Lipinski definition) is 13. The summed E-state index contributed by atoms with van der Waals surface area (Å²) in [5.74, 6) is -4.20. The summed E-state index contributed by atoms with van der Waals surface area (Å²) in [5.41, 5.74) is 1.77. The third-order valence-electron chi connectivity index (χ3n) is 19.7. The van der Waals surface area contributed by atoms with Crippen LogP contribution in [0.3, 0.4) is 0 Å². The van der Waals surface area contributed by atoms with Crippen LogP contribution in [0, 0.1) is 0 Å². The van der Waals surface area contributed by atoms with E-state index in [1.165, 1.54) is 231 Å². The summed E-state index contributed by atoms with van der Waals surface area (Å²) >= 11 is 0. The summed E-state index contributed by atoms with van der Waals surface area (Å²) < 4.78 is 37.4. The van der Waals surface area contributed by atoms with Crippen molar-refractivity contribution in [1.29, 1.82) is 0 Å². The number of dihydropyridines is 1. The van der Waals surface area contributed by atoms with Crippen molar-refractivity contribution >= 4 is 59.8 Å². The van der Waals surface area contributed by atoms with Crippen LogP contribution in [-0.4, -0.2) is 74.5 Å². The van der Waals surface area contributed by atoms with Crippen LogP contribution in [0.15, 0.2) is 47.1 Å². The highest BCUT2D eigenvalue weighted by Crippen LogP contribution is 2.39. The Bertz CT molecular complexity index is 2160. The zero-order valence-corrected chi connectivity index (χ0v) is 70.1. The number of pyridine rings is 1. The minimum Gasteiger partial charge on any atom is -1.00 e. The van der Waals surface area contributed by atoms with Crippen LogP contribution in [0.1, 0.15) is 413 Å². The average Bonchev–Trinajstić information content (AvgIpc) is 0.767. The molecule has 14 nitrogen and oxygen atoms in total. The van der Waals surface area contributed by atoms with Gasteiger partial charge in [0.15, 0.2) is 24.6 Å². The van der Waals surface area contributed by atoms with E-state index in [9.17, 15) is 28.8 Å². The Labute approximate surface area is 651 Å². The van der Waals surface area contributed by atoms with Gasteiger partial charge in [-0.05, 0) is 45.6 Å². The van der Waals surface area contributed by atoms with Gasteiger partial charge in [0.2, 0.25) is 0 Å². The van der Waals surface area contributed by atoms with Crippen molar-refractivity contribution in [2.75, 3.05) is 26.4 Å². The van der Waals surface area contributed by atoms with E-state index < -0.39 is 67.2 Å². The lowest BCUT2D eigenvalue weighted by molar-refractivity contribution is -0.671. The second-order valence-corrected chi connectivity index (χ2v) is 29.2. The number of rotatable bonds is 69. The van der Waals surface area contributed by atoms with Crippen molar-refractivity contribution in [3.63, 3.8) is 0 Å². The first-order chi connectivity index (χ1) is 48.3. The van der Waals surface area contributed by atoms with Gasteiger partial charge in [0.1, 0.15) is 33.5 Å². The van der Waals surface area contributed by atoms with Gasteiger partial charge < -0.3 is 57.7 Å². The number of carbonyl (C=O) groups is 6. The van der Waals surface area contributed by atoms with Gasteiger partial charge >= 0.3 is 35.8 Å². The number of hydrogen-bond donors (Lipinski definition) is 1. The Hall–Kier alpha value is -3.29. The molecule has 2 unspecified atom stereocenters. The van der Waals surface area contributed by atoms with Crippen molar-refractivity contribution in [2.24, 2.45) is 7.05 Å². The molecule has 0 spiro atoms. The Balaban J connectivity index is 0.0000500. The Morgan fingerprint density at radius 1 is 0.356 bits per heavy atom. The first kappa shape index (κ1) is 97.7. The fraction of sp³-hybridized carbons (Fsp3) is 0.824. The van der Waals surface area contributed by atoms with E-state index in [0.29, 0.717) is 42.6 Å². The molecule has 0 aliphatic carbocycles. The van der Waals surface area contributed by atoms with Crippen LogP contribution in [0.2, 0.25) is 0 Å². The molecule has 2 rings (SSSR count). The van der Waals surface area contributed by atoms with Gasteiger partial charge in [0.05, 0.1) is 17.1 Å². The number of halogens is 2. The van der Waals surface area contributed by atoms with Gasteiger partial charge in [-0.1, -0.05) is 336 Å². The Morgan fingerprint density at radius 2 is 0.584 bits per heavy atom. The van der Waals surface area contributed by atoms with E-state index in [4.69, 9.17) is 28.4 Å². The molecule has 0 saturated heterocycles. The number of carbonyl (C=O) groups excluding carboxylic acids is 6. The number of allylic oxidation sites excluding steroid dienone is 2. The second-order valence-electron chi connectivity index (χ2n) is 29.2. The molecule has 1 aliphatic heterocycles. The minimum absolute atomic E-state index is 0. The van der Waals surface area contributed by atoms with Gasteiger partial charge in [-0.15, -0.1) is 24.0 Å². The van der Waals surface area contributed by atoms with Crippen LogP contribution in [0.25, 0.3) is 0 Å². The molecule has 0 bridgehead atoms. The number of unbranched alkanes of at least 4 members (excludes halogenated alkanes) is 48. The molecule has 2 atom stereocenters. The molecule has 586 valence electrons. The molecule has 16 heteroatoms. The number of ether oxygens (including phenoxy) is 6. The van der Waals surface area contributed by atoms with Gasteiger partial charge in [0, 0.05) is 48.7 Å². The highest BCUT2D eigenvalue weighted by molar-refractivity contribution is 14.0. The van der Waals surface area contributed by atoms with E-state index in [0.717, 1.165) is 77.0 Å². The van der Waals surface area contributed by atoms with Gasteiger partial charge in [-0.2, -0.15) is 0 Å². The summed E-state index contributed by atoms with van der Waals surface area (Å²) in [4.78, 5) is 83.0. The fourth-order valence-corrected chi connectivity index (χ4v) is 13.5. The maximum Gasteiger partial charge on any atom is 0.336 e. The van der Waals surface area contributed by atoms with Crippen LogP contribution in [-0.2, 0) is 64.2 Å². The third-order valence-corrected chi connectivity index (χ3v) is 19.7. The van der Waals surface area contributed by atoms with E-state index in [1.54, 1.807) is 13.8 Å². The smallest absolute Gasteiger partial charge is 0.336 e. The van der Waals surface area contributed by atoms with E-state index in [2.05, 4.69) is 33.0 Å². The number of aromatic nitrogens is 1. The molecule has 1 aromatic rings. The maximum absolute atomic E-state index is 14.8. The van der Waals surface area contributed by atoms with Crippen molar-refractivity contribution in [2.45, 2.75) is 419 Å². The van der Waals surface area contributed by atoms with E-state index >= 15 is 0 Å². The number of nitrogens with one attached hydrogen (secondary N) is 1. The van der Waals surface area contributed by atoms with Crippen LogP contribution in [0.4, 0.5) is 0 Å². The first-order valence-corrected chi connectivity index (χ1v) is 41.5. The second kappa shape index (κ2) is 69.7. The van der Waals surface area contributed by atoms with Crippen molar-refractivity contribution in [3.8, 4) is 0 Å². The molecule has 0 amide bonds. The van der Waals surface area contributed by atoms with Gasteiger partial charge in [0.25, 0.3) is 0 Å². The number of esters is 6. The van der Waals surface area contributed by atoms with Crippen molar-refractivity contribution in [3.05, 3.63) is 52.6 Å².